The standard InChI is InChI=1S/C18H26N2O/c1-18(2)15(13-6-4-3-5-7-13)12-16(18)19-10-11-20-17(21)14-8-9-14/h3-7,14-16,19H,8-12H2,1-2H3,(H,20,21)/t15-,16+/m1/s1. The van der Waals surface area contributed by atoms with E-state index < -0.39 is 0 Å². The van der Waals surface area contributed by atoms with Crippen molar-refractivity contribution in [1.82, 2.24) is 10.6 Å². The summed E-state index contributed by atoms with van der Waals surface area (Å²) in [6, 6.07) is 11.3. The van der Waals surface area contributed by atoms with Gasteiger partial charge in [0.05, 0.1) is 0 Å². The van der Waals surface area contributed by atoms with Crippen LogP contribution in [0.1, 0.15) is 44.6 Å². The van der Waals surface area contributed by atoms with Gasteiger partial charge in [-0.1, -0.05) is 44.2 Å². The molecule has 2 N–H and O–H groups in total. The zero-order valence-corrected chi connectivity index (χ0v) is 13.1. The molecule has 2 fully saturated rings. The number of benzene rings is 1. The minimum atomic E-state index is 0.242. The molecule has 3 heteroatoms. The summed E-state index contributed by atoms with van der Waals surface area (Å²) in [6.45, 7) is 6.30. The minimum absolute atomic E-state index is 0.242. The van der Waals surface area contributed by atoms with E-state index >= 15 is 0 Å². The molecule has 0 aliphatic heterocycles. The smallest absolute Gasteiger partial charge is 0.223 e. The molecule has 0 saturated heterocycles. The number of rotatable bonds is 6. The number of nitrogens with one attached hydrogen (secondary N) is 2. The van der Waals surface area contributed by atoms with E-state index in [0.29, 0.717) is 17.9 Å². The second-order valence-corrected chi connectivity index (χ2v) is 7.09. The van der Waals surface area contributed by atoms with Gasteiger partial charge in [0.15, 0.2) is 0 Å². The van der Waals surface area contributed by atoms with Crippen molar-refractivity contribution >= 4 is 5.91 Å². The summed E-state index contributed by atoms with van der Waals surface area (Å²) in [5.74, 6) is 1.19. The largest absolute Gasteiger partial charge is 0.355 e. The fourth-order valence-corrected chi connectivity index (χ4v) is 3.44. The number of hydrogen-bond donors (Lipinski definition) is 2. The third kappa shape index (κ3) is 3.13. The minimum Gasteiger partial charge on any atom is -0.355 e. The highest BCUT2D eigenvalue weighted by molar-refractivity contribution is 5.80. The summed E-state index contributed by atoms with van der Waals surface area (Å²) in [6.07, 6.45) is 3.34. The maximum absolute atomic E-state index is 11.6. The molecule has 0 spiro atoms. The van der Waals surface area contributed by atoms with E-state index in [1.54, 1.807) is 0 Å². The van der Waals surface area contributed by atoms with Gasteiger partial charge in [-0.3, -0.25) is 4.79 Å². The van der Waals surface area contributed by atoms with Crippen molar-refractivity contribution in [2.24, 2.45) is 11.3 Å². The maximum Gasteiger partial charge on any atom is 0.223 e. The molecule has 0 heterocycles. The fourth-order valence-electron chi connectivity index (χ4n) is 3.44. The summed E-state index contributed by atoms with van der Waals surface area (Å²) in [5.41, 5.74) is 1.73. The van der Waals surface area contributed by atoms with Crippen molar-refractivity contribution < 1.29 is 4.79 Å². The summed E-state index contributed by atoms with van der Waals surface area (Å²) in [4.78, 5) is 11.6. The molecule has 2 saturated carbocycles. The topological polar surface area (TPSA) is 41.1 Å². The molecule has 0 bridgehead atoms. The molecule has 0 radical (unpaired) electrons. The fraction of sp³-hybridized carbons (Fsp3) is 0.611. The van der Waals surface area contributed by atoms with Crippen LogP contribution in [-0.2, 0) is 4.79 Å². The molecule has 114 valence electrons. The monoisotopic (exact) mass is 286 g/mol. The first-order valence-electron chi connectivity index (χ1n) is 8.15. The second-order valence-electron chi connectivity index (χ2n) is 7.09. The number of amides is 1. The van der Waals surface area contributed by atoms with Crippen LogP contribution in [0.4, 0.5) is 0 Å². The van der Waals surface area contributed by atoms with E-state index in [-0.39, 0.29) is 11.3 Å². The summed E-state index contributed by atoms with van der Waals surface area (Å²) in [5, 5.41) is 6.63. The molecule has 1 aromatic carbocycles. The Morgan fingerprint density at radius 1 is 1.19 bits per heavy atom. The SMILES string of the molecule is CC1(C)[C@@H](NCCNC(=O)C2CC2)C[C@@H]1c1ccccc1. The summed E-state index contributed by atoms with van der Waals surface area (Å²) >= 11 is 0. The molecule has 3 rings (SSSR count). The van der Waals surface area contributed by atoms with E-state index in [1.807, 2.05) is 0 Å². The Kier molecular flexibility index (Phi) is 4.03. The van der Waals surface area contributed by atoms with E-state index in [0.717, 1.165) is 25.9 Å². The van der Waals surface area contributed by atoms with Gasteiger partial charge in [-0.05, 0) is 36.2 Å². The molecule has 21 heavy (non-hydrogen) atoms. The van der Waals surface area contributed by atoms with Crippen molar-refractivity contribution in [3.8, 4) is 0 Å². The van der Waals surface area contributed by atoms with Crippen molar-refractivity contribution in [3.63, 3.8) is 0 Å². The first-order valence-corrected chi connectivity index (χ1v) is 8.15. The lowest BCUT2D eigenvalue weighted by Gasteiger charge is -2.53. The van der Waals surface area contributed by atoms with Crippen molar-refractivity contribution in [3.05, 3.63) is 35.9 Å². The van der Waals surface area contributed by atoms with Crippen LogP contribution >= 0.6 is 0 Å². The maximum atomic E-state index is 11.6. The number of carbonyl (C=O) groups excluding carboxylic acids is 1. The lowest BCUT2D eigenvalue weighted by atomic mass is 9.56. The average Bonchev–Trinajstić information content (AvgIpc) is 3.31. The molecule has 1 amide bonds. The van der Waals surface area contributed by atoms with Gasteiger partial charge in [-0.15, -0.1) is 0 Å². The molecule has 0 unspecified atom stereocenters. The first-order chi connectivity index (χ1) is 10.1. The van der Waals surface area contributed by atoms with E-state index in [9.17, 15) is 4.79 Å². The zero-order valence-electron chi connectivity index (χ0n) is 13.1. The van der Waals surface area contributed by atoms with Crippen LogP contribution in [0.5, 0.6) is 0 Å². The normalized spacial score (nSPS) is 27.0. The molecule has 2 aliphatic rings. The molecule has 0 aromatic heterocycles. The molecular weight excluding hydrogens is 260 g/mol. The summed E-state index contributed by atoms with van der Waals surface area (Å²) < 4.78 is 0. The second kappa shape index (κ2) is 5.80. The predicted octanol–water partition coefficient (Wildman–Crippen LogP) is 2.68. The predicted molar refractivity (Wildman–Crippen MR) is 85.1 cm³/mol. The Morgan fingerprint density at radius 3 is 2.52 bits per heavy atom. The van der Waals surface area contributed by atoms with Gasteiger partial charge in [-0.25, -0.2) is 0 Å². The lowest BCUT2D eigenvalue weighted by Crippen LogP contribution is -2.56. The van der Waals surface area contributed by atoms with Crippen LogP contribution in [0.15, 0.2) is 30.3 Å². The highest BCUT2D eigenvalue weighted by Gasteiger charge is 2.48. The van der Waals surface area contributed by atoms with E-state index in [4.69, 9.17) is 0 Å². The highest BCUT2D eigenvalue weighted by Crippen LogP contribution is 2.52. The van der Waals surface area contributed by atoms with E-state index in [2.05, 4.69) is 54.8 Å². The van der Waals surface area contributed by atoms with Crippen LogP contribution < -0.4 is 10.6 Å². The van der Waals surface area contributed by atoms with Gasteiger partial charge in [0, 0.05) is 25.0 Å². The van der Waals surface area contributed by atoms with Gasteiger partial charge in [-0.2, -0.15) is 0 Å². The third-order valence-corrected chi connectivity index (χ3v) is 5.23. The Hall–Kier alpha value is -1.35. The molecule has 2 aliphatic carbocycles. The van der Waals surface area contributed by atoms with Gasteiger partial charge in [0.25, 0.3) is 0 Å². The highest BCUT2D eigenvalue weighted by atomic mass is 16.2. The van der Waals surface area contributed by atoms with Crippen molar-refractivity contribution in [2.45, 2.75) is 45.1 Å². The Labute approximate surface area is 127 Å². The van der Waals surface area contributed by atoms with Gasteiger partial charge < -0.3 is 10.6 Å². The van der Waals surface area contributed by atoms with Gasteiger partial charge in [0.2, 0.25) is 5.91 Å². The van der Waals surface area contributed by atoms with Crippen LogP contribution in [0.3, 0.4) is 0 Å². The number of hydrogen-bond acceptors (Lipinski definition) is 2. The van der Waals surface area contributed by atoms with Crippen LogP contribution in [0, 0.1) is 11.3 Å². The molecule has 1 aromatic rings. The number of carbonyl (C=O) groups is 1. The lowest BCUT2D eigenvalue weighted by molar-refractivity contribution is -0.122. The van der Waals surface area contributed by atoms with Gasteiger partial charge >= 0.3 is 0 Å². The van der Waals surface area contributed by atoms with E-state index in [1.165, 1.54) is 12.0 Å². The Morgan fingerprint density at radius 2 is 1.90 bits per heavy atom. The van der Waals surface area contributed by atoms with Gasteiger partial charge in [0.1, 0.15) is 0 Å². The summed E-state index contributed by atoms with van der Waals surface area (Å²) in [7, 11) is 0. The quantitative estimate of drug-likeness (QED) is 0.789. The van der Waals surface area contributed by atoms with Crippen molar-refractivity contribution in [2.75, 3.05) is 13.1 Å². The zero-order chi connectivity index (χ0) is 14.9. The van der Waals surface area contributed by atoms with Crippen LogP contribution in [-0.4, -0.2) is 25.0 Å². The molecule has 2 atom stereocenters. The first kappa shape index (κ1) is 14.6. The van der Waals surface area contributed by atoms with Crippen molar-refractivity contribution in [1.29, 1.82) is 0 Å². The third-order valence-electron chi connectivity index (χ3n) is 5.23. The van der Waals surface area contributed by atoms with Crippen LogP contribution in [0.25, 0.3) is 0 Å². The molecule has 3 nitrogen and oxygen atoms in total. The molecular formula is C18H26N2O. The average molecular weight is 286 g/mol. The Balaban J connectivity index is 1.42. The van der Waals surface area contributed by atoms with Crippen LogP contribution in [0.2, 0.25) is 0 Å². The Bertz CT molecular complexity index is 493.